The van der Waals surface area contributed by atoms with Crippen LogP contribution in [0.3, 0.4) is 0 Å². The zero-order valence-electron chi connectivity index (χ0n) is 27.6. The second kappa shape index (κ2) is 13.9. The van der Waals surface area contributed by atoms with Crippen molar-refractivity contribution in [2.75, 3.05) is 6.54 Å². The number of hydrogen-bond acceptors (Lipinski definition) is 8. The summed E-state index contributed by atoms with van der Waals surface area (Å²) in [7, 11) is -3.78. The summed E-state index contributed by atoms with van der Waals surface area (Å²) < 4.78 is 36.2. The molecule has 4 aliphatic rings. The standard InChI is InChI=1S/C37H42BrN3O6S2/c1-23-8-7-9-24(16-23)17-25-10-5-3-2-4-6-11-26-20-37(26,35(44)40-49(45,46)29-13-14-29)21-32(42)31-19-28(22-41(31)34(25)43)47-36-39-30-15-12-27(38)18-33(30)48-36/h6-9,11-12,15-16,18,25-26,28-29,31H,2-5,10,13-14,17,19-22H2,1H3,(H,40,44)/b11-6-/t25-,26-,28-,31+,37-/m1/s1. The van der Waals surface area contributed by atoms with Crippen LogP contribution >= 0.6 is 27.3 Å². The maximum absolute atomic E-state index is 14.6. The van der Waals surface area contributed by atoms with Crippen LogP contribution in [0.25, 0.3) is 10.2 Å². The van der Waals surface area contributed by atoms with E-state index in [1.807, 2.05) is 43.3 Å². The summed E-state index contributed by atoms with van der Waals surface area (Å²) in [4.78, 5) is 49.0. The Bertz CT molecular complexity index is 1910. The van der Waals surface area contributed by atoms with E-state index < -0.39 is 38.7 Å². The number of carbonyl (C=O) groups is 3. The summed E-state index contributed by atoms with van der Waals surface area (Å²) in [5.74, 6) is -1.45. The zero-order valence-corrected chi connectivity index (χ0v) is 30.8. The maximum Gasteiger partial charge on any atom is 0.274 e. The normalized spacial score (nSPS) is 28.7. The fourth-order valence-corrected chi connectivity index (χ4v) is 10.3. The molecule has 7 rings (SSSR count). The number of aromatic nitrogens is 1. The fourth-order valence-electron chi connectivity index (χ4n) is 7.51. The molecule has 9 nitrogen and oxygen atoms in total. The van der Waals surface area contributed by atoms with Gasteiger partial charge in [0.05, 0.1) is 33.5 Å². The van der Waals surface area contributed by atoms with Crippen molar-refractivity contribution in [3.8, 4) is 5.19 Å². The number of carbonyl (C=O) groups excluding carboxylic acids is 3. The summed E-state index contributed by atoms with van der Waals surface area (Å²) >= 11 is 4.93. The number of hydrogen-bond donors (Lipinski definition) is 1. The van der Waals surface area contributed by atoms with Crippen molar-refractivity contribution in [2.24, 2.45) is 17.3 Å². The fraction of sp³-hybridized carbons (Fsp3) is 0.514. The van der Waals surface area contributed by atoms with Gasteiger partial charge in [-0.3, -0.25) is 19.1 Å². The Labute approximate surface area is 300 Å². The minimum absolute atomic E-state index is 0.0747. The summed E-state index contributed by atoms with van der Waals surface area (Å²) in [6.07, 6.45) is 10.1. The predicted molar refractivity (Wildman–Crippen MR) is 193 cm³/mol. The molecular formula is C37H42BrN3O6S2. The molecule has 0 unspecified atom stereocenters. The van der Waals surface area contributed by atoms with Crippen LogP contribution in [-0.2, 0) is 30.8 Å². The number of thiazole rings is 1. The third-order valence-electron chi connectivity index (χ3n) is 10.5. The van der Waals surface area contributed by atoms with Crippen LogP contribution in [0, 0.1) is 24.2 Å². The van der Waals surface area contributed by atoms with Crippen LogP contribution in [0.2, 0.25) is 0 Å². The van der Waals surface area contributed by atoms with Gasteiger partial charge in [0.1, 0.15) is 6.10 Å². The molecule has 3 heterocycles. The molecule has 2 aromatic carbocycles. The van der Waals surface area contributed by atoms with Gasteiger partial charge < -0.3 is 9.64 Å². The van der Waals surface area contributed by atoms with Gasteiger partial charge in [-0.25, -0.2) is 13.4 Å². The number of ketones is 1. The zero-order chi connectivity index (χ0) is 34.3. The van der Waals surface area contributed by atoms with E-state index in [1.54, 1.807) is 4.90 Å². The van der Waals surface area contributed by atoms with Gasteiger partial charge >= 0.3 is 0 Å². The number of nitrogens with one attached hydrogen (secondary N) is 1. The van der Waals surface area contributed by atoms with Gasteiger partial charge in [-0.05, 0) is 81.5 Å². The lowest BCUT2D eigenvalue weighted by atomic mass is 9.89. The molecule has 3 aromatic rings. The Hall–Kier alpha value is -3.09. The predicted octanol–water partition coefficient (Wildman–Crippen LogP) is 6.67. The Balaban J connectivity index is 1.18. The van der Waals surface area contributed by atoms with Crippen LogP contribution < -0.4 is 9.46 Å². The molecule has 2 saturated carbocycles. The number of halogens is 1. The van der Waals surface area contributed by atoms with Crippen molar-refractivity contribution in [3.63, 3.8) is 0 Å². The molecule has 0 radical (unpaired) electrons. The van der Waals surface area contributed by atoms with E-state index >= 15 is 0 Å². The van der Waals surface area contributed by atoms with Crippen molar-refractivity contribution >= 4 is 65.1 Å². The molecule has 2 aliphatic carbocycles. The Morgan fingerprint density at radius 2 is 1.96 bits per heavy atom. The van der Waals surface area contributed by atoms with Gasteiger partial charge in [0.25, 0.3) is 5.19 Å². The van der Waals surface area contributed by atoms with Crippen molar-refractivity contribution < 1.29 is 27.5 Å². The second-order valence-corrected chi connectivity index (χ2v) is 18.2. The van der Waals surface area contributed by atoms with Crippen LogP contribution in [-0.4, -0.2) is 59.8 Å². The summed E-state index contributed by atoms with van der Waals surface area (Å²) in [6.45, 7) is 2.28. The van der Waals surface area contributed by atoms with Crippen LogP contribution in [0.15, 0.2) is 59.1 Å². The van der Waals surface area contributed by atoms with Crippen molar-refractivity contribution in [2.45, 2.75) is 94.9 Å². The first-order valence-electron chi connectivity index (χ1n) is 17.3. The minimum atomic E-state index is -3.78. The van der Waals surface area contributed by atoms with E-state index in [0.29, 0.717) is 37.3 Å². The van der Waals surface area contributed by atoms with Crippen LogP contribution in [0.4, 0.5) is 0 Å². The molecule has 0 bridgehead atoms. The SMILES string of the molecule is Cc1cccc(C[C@H]2CCCCC/C=C\[C@@H]3C[C@@]3(C(=O)NS(=O)(=O)C3CC3)CC(=O)[C@@H]3C[C@@H](Oc4nc5ccc(Br)cc5s4)CN3C2=O)c1. The molecule has 0 spiro atoms. The molecule has 1 saturated heterocycles. The number of amides is 2. The Morgan fingerprint density at radius 3 is 2.76 bits per heavy atom. The quantitative estimate of drug-likeness (QED) is 0.267. The summed E-state index contributed by atoms with van der Waals surface area (Å²) in [6, 6.07) is 13.2. The van der Waals surface area contributed by atoms with Gasteiger partial charge in [0, 0.05) is 23.2 Å². The molecule has 260 valence electrons. The summed E-state index contributed by atoms with van der Waals surface area (Å²) in [5, 5.41) is -0.0704. The molecule has 3 fully saturated rings. The highest BCUT2D eigenvalue weighted by Crippen LogP contribution is 2.57. The number of nitrogens with zero attached hydrogens (tertiary/aromatic N) is 2. The third-order valence-corrected chi connectivity index (χ3v) is 13.7. The number of fused-ring (bicyclic) bond motifs is 3. The first-order chi connectivity index (χ1) is 23.5. The largest absolute Gasteiger partial charge is 0.465 e. The minimum Gasteiger partial charge on any atom is -0.465 e. The Kier molecular flexibility index (Phi) is 9.75. The number of sulfonamides is 1. The van der Waals surface area contributed by atoms with Crippen LogP contribution in [0.5, 0.6) is 5.19 Å². The highest BCUT2D eigenvalue weighted by Gasteiger charge is 2.61. The van der Waals surface area contributed by atoms with Gasteiger partial charge in [-0.15, -0.1) is 0 Å². The van der Waals surface area contributed by atoms with Crippen molar-refractivity contribution in [1.82, 2.24) is 14.6 Å². The smallest absolute Gasteiger partial charge is 0.274 e. The number of benzene rings is 2. The molecule has 2 aliphatic heterocycles. The monoisotopic (exact) mass is 767 g/mol. The lowest BCUT2D eigenvalue weighted by Crippen LogP contribution is -2.46. The van der Waals surface area contributed by atoms with E-state index in [4.69, 9.17) is 4.74 Å². The number of Topliss-reactive ketones (excluding diaryl/α,β-unsaturated/α-hetero) is 1. The van der Waals surface area contributed by atoms with Crippen molar-refractivity contribution in [3.05, 3.63) is 70.2 Å². The van der Waals surface area contributed by atoms with E-state index in [9.17, 15) is 22.8 Å². The average molecular weight is 769 g/mol. The van der Waals surface area contributed by atoms with Gasteiger partial charge in [-0.2, -0.15) is 0 Å². The third kappa shape index (κ3) is 7.66. The topological polar surface area (TPSA) is 123 Å². The lowest BCUT2D eigenvalue weighted by molar-refractivity contribution is -0.142. The average Bonchev–Trinajstić information content (AvgIpc) is 3.95. The van der Waals surface area contributed by atoms with Gasteiger partial charge in [0.15, 0.2) is 5.78 Å². The maximum atomic E-state index is 14.6. The lowest BCUT2D eigenvalue weighted by Gasteiger charge is -2.29. The molecule has 1 aromatic heterocycles. The van der Waals surface area contributed by atoms with E-state index in [1.165, 1.54) is 11.3 Å². The number of allylic oxidation sites excluding steroid dienone is 2. The molecular weight excluding hydrogens is 726 g/mol. The van der Waals surface area contributed by atoms with Crippen molar-refractivity contribution in [1.29, 1.82) is 0 Å². The first kappa shape index (κ1) is 34.4. The molecule has 1 N–H and O–H groups in total. The number of rotatable bonds is 7. The van der Waals surface area contributed by atoms with E-state index in [0.717, 1.165) is 51.5 Å². The van der Waals surface area contributed by atoms with E-state index in [2.05, 4.69) is 43.8 Å². The van der Waals surface area contributed by atoms with E-state index in [-0.39, 0.29) is 42.9 Å². The summed E-state index contributed by atoms with van der Waals surface area (Å²) in [5.41, 5.74) is 1.88. The highest BCUT2D eigenvalue weighted by atomic mass is 79.9. The van der Waals surface area contributed by atoms with Gasteiger partial charge in [-0.1, -0.05) is 82.1 Å². The molecule has 12 heteroatoms. The molecule has 2 amide bonds. The Morgan fingerprint density at radius 1 is 1.12 bits per heavy atom. The molecule has 5 atom stereocenters. The van der Waals surface area contributed by atoms with Gasteiger partial charge in [0.2, 0.25) is 21.8 Å². The first-order valence-corrected chi connectivity index (χ1v) is 20.5. The number of aryl methyl sites for hydroxylation is 1. The van der Waals surface area contributed by atoms with Crippen LogP contribution in [0.1, 0.15) is 75.3 Å². The number of ether oxygens (including phenoxy) is 1. The second-order valence-electron chi connectivity index (χ2n) is 14.3. The highest BCUT2D eigenvalue weighted by molar-refractivity contribution is 9.10. The molecule has 49 heavy (non-hydrogen) atoms.